The number of ether oxygens (including phenoxy) is 1. The van der Waals surface area contributed by atoms with Crippen molar-refractivity contribution in [1.29, 1.82) is 0 Å². The maximum atomic E-state index is 11.8. The van der Waals surface area contributed by atoms with Gasteiger partial charge in [-0.3, -0.25) is 5.32 Å². The van der Waals surface area contributed by atoms with Gasteiger partial charge in [0.15, 0.2) is 0 Å². The summed E-state index contributed by atoms with van der Waals surface area (Å²) in [7, 11) is 0. The lowest BCUT2D eigenvalue weighted by molar-refractivity contribution is 0.0636. The Morgan fingerprint density at radius 1 is 1.45 bits per heavy atom. The molecule has 3 N–H and O–H groups in total. The fourth-order valence-electron chi connectivity index (χ4n) is 2.33. The first-order valence-electron chi connectivity index (χ1n) is 7.11. The summed E-state index contributed by atoms with van der Waals surface area (Å²) in [6.45, 7) is 8.26. The highest BCUT2D eigenvalue weighted by molar-refractivity contribution is 5.86. The van der Waals surface area contributed by atoms with Gasteiger partial charge in [0.1, 0.15) is 5.60 Å². The van der Waals surface area contributed by atoms with Crippen molar-refractivity contribution < 1.29 is 9.53 Å². The molecule has 1 aliphatic rings. The minimum absolute atomic E-state index is 0.413. The number of nitrogens with two attached hydrogens (primary N) is 1. The Labute approximate surface area is 120 Å². The number of amides is 1. The lowest BCUT2D eigenvalue weighted by Gasteiger charge is -2.20. The summed E-state index contributed by atoms with van der Waals surface area (Å²) in [5, 5.41) is 2.83. The Morgan fingerprint density at radius 2 is 2.15 bits per heavy atom. The van der Waals surface area contributed by atoms with Crippen LogP contribution in [0.1, 0.15) is 44.2 Å². The molecule has 4 heteroatoms. The van der Waals surface area contributed by atoms with Crippen molar-refractivity contribution in [1.82, 2.24) is 0 Å². The SMILES string of the molecule is Cc1ccc([C@@H]2C[C@H]2CN)cc1NC(=O)OC(C)(C)C. The molecule has 0 unspecified atom stereocenters. The highest BCUT2D eigenvalue weighted by Gasteiger charge is 2.37. The summed E-state index contributed by atoms with van der Waals surface area (Å²) in [6.07, 6.45) is 0.731. The van der Waals surface area contributed by atoms with Gasteiger partial charge in [-0.25, -0.2) is 4.79 Å². The maximum Gasteiger partial charge on any atom is 0.412 e. The number of carbonyl (C=O) groups is 1. The lowest BCUT2D eigenvalue weighted by atomic mass is 10.1. The molecule has 0 heterocycles. The van der Waals surface area contributed by atoms with Gasteiger partial charge in [-0.15, -0.1) is 0 Å². The summed E-state index contributed by atoms with van der Waals surface area (Å²) in [5.74, 6) is 1.13. The molecule has 1 aliphatic carbocycles. The molecule has 4 nitrogen and oxygen atoms in total. The van der Waals surface area contributed by atoms with Crippen LogP contribution in [0, 0.1) is 12.8 Å². The van der Waals surface area contributed by atoms with E-state index in [2.05, 4.69) is 11.4 Å². The number of carbonyl (C=O) groups excluding carboxylic acids is 1. The van der Waals surface area contributed by atoms with Gasteiger partial charge in [0, 0.05) is 5.69 Å². The Bertz CT molecular complexity index is 506. The monoisotopic (exact) mass is 276 g/mol. The molecule has 1 aromatic rings. The third kappa shape index (κ3) is 3.73. The Hall–Kier alpha value is -1.55. The maximum absolute atomic E-state index is 11.8. The van der Waals surface area contributed by atoms with Gasteiger partial charge in [-0.1, -0.05) is 12.1 Å². The van der Waals surface area contributed by atoms with Crippen LogP contribution in [-0.4, -0.2) is 18.2 Å². The molecule has 1 fully saturated rings. The number of anilines is 1. The van der Waals surface area contributed by atoms with Crippen molar-refractivity contribution in [3.63, 3.8) is 0 Å². The fraction of sp³-hybridized carbons (Fsp3) is 0.562. The van der Waals surface area contributed by atoms with Gasteiger partial charge in [-0.05, 0) is 69.7 Å². The van der Waals surface area contributed by atoms with Gasteiger partial charge in [0.25, 0.3) is 0 Å². The fourth-order valence-corrected chi connectivity index (χ4v) is 2.33. The van der Waals surface area contributed by atoms with E-state index >= 15 is 0 Å². The van der Waals surface area contributed by atoms with Crippen molar-refractivity contribution in [2.45, 2.75) is 45.6 Å². The quantitative estimate of drug-likeness (QED) is 0.889. The van der Waals surface area contributed by atoms with Crippen LogP contribution in [0.25, 0.3) is 0 Å². The van der Waals surface area contributed by atoms with E-state index in [0.717, 1.165) is 24.2 Å². The van der Waals surface area contributed by atoms with Crippen LogP contribution in [-0.2, 0) is 4.74 Å². The predicted molar refractivity (Wildman–Crippen MR) is 80.9 cm³/mol. The van der Waals surface area contributed by atoms with E-state index in [1.165, 1.54) is 5.56 Å². The second-order valence-corrected chi connectivity index (χ2v) is 6.54. The average Bonchev–Trinajstić information content (AvgIpc) is 3.09. The van der Waals surface area contributed by atoms with Gasteiger partial charge in [-0.2, -0.15) is 0 Å². The summed E-state index contributed by atoms with van der Waals surface area (Å²) < 4.78 is 5.28. The van der Waals surface area contributed by atoms with Gasteiger partial charge >= 0.3 is 6.09 Å². The predicted octanol–water partition coefficient (Wildman–Crippen LogP) is 3.40. The van der Waals surface area contributed by atoms with Crippen LogP contribution in [0.4, 0.5) is 10.5 Å². The van der Waals surface area contributed by atoms with Gasteiger partial charge in [0.05, 0.1) is 0 Å². The largest absolute Gasteiger partial charge is 0.444 e. The zero-order valence-corrected chi connectivity index (χ0v) is 12.7. The molecule has 110 valence electrons. The van der Waals surface area contributed by atoms with E-state index in [9.17, 15) is 4.79 Å². The first-order chi connectivity index (χ1) is 9.30. The summed E-state index contributed by atoms with van der Waals surface area (Å²) in [4.78, 5) is 11.8. The lowest BCUT2D eigenvalue weighted by Crippen LogP contribution is -2.27. The van der Waals surface area contributed by atoms with Crippen LogP contribution in [0.5, 0.6) is 0 Å². The second-order valence-electron chi connectivity index (χ2n) is 6.54. The highest BCUT2D eigenvalue weighted by atomic mass is 16.6. The molecule has 2 atom stereocenters. The van der Waals surface area contributed by atoms with Crippen molar-refractivity contribution in [2.24, 2.45) is 11.7 Å². The molecule has 0 spiro atoms. The van der Waals surface area contributed by atoms with E-state index < -0.39 is 11.7 Å². The minimum Gasteiger partial charge on any atom is -0.444 e. The minimum atomic E-state index is -0.489. The zero-order valence-electron chi connectivity index (χ0n) is 12.7. The topological polar surface area (TPSA) is 64.3 Å². The number of hydrogen-bond acceptors (Lipinski definition) is 3. The van der Waals surface area contributed by atoms with Crippen LogP contribution < -0.4 is 11.1 Å². The van der Waals surface area contributed by atoms with E-state index in [1.807, 2.05) is 39.8 Å². The number of rotatable bonds is 3. The zero-order chi connectivity index (χ0) is 14.9. The first kappa shape index (κ1) is 14.9. The molecule has 1 aromatic carbocycles. The normalized spacial score (nSPS) is 21.4. The van der Waals surface area contributed by atoms with Crippen LogP contribution in [0.3, 0.4) is 0 Å². The second kappa shape index (κ2) is 5.44. The van der Waals surface area contributed by atoms with Crippen LogP contribution in [0.15, 0.2) is 18.2 Å². The third-order valence-electron chi connectivity index (χ3n) is 3.55. The van der Waals surface area contributed by atoms with Crippen LogP contribution >= 0.6 is 0 Å². The molecule has 0 bridgehead atoms. The van der Waals surface area contributed by atoms with E-state index in [-0.39, 0.29) is 0 Å². The molecular weight excluding hydrogens is 252 g/mol. The average molecular weight is 276 g/mol. The molecule has 0 aliphatic heterocycles. The van der Waals surface area contributed by atoms with E-state index in [0.29, 0.717) is 11.8 Å². The van der Waals surface area contributed by atoms with Gasteiger partial charge < -0.3 is 10.5 Å². The Morgan fingerprint density at radius 3 is 2.70 bits per heavy atom. The molecular formula is C16H24N2O2. The van der Waals surface area contributed by atoms with Crippen molar-refractivity contribution in [3.8, 4) is 0 Å². The van der Waals surface area contributed by atoms with Gasteiger partial charge in [0.2, 0.25) is 0 Å². The van der Waals surface area contributed by atoms with E-state index in [4.69, 9.17) is 10.5 Å². The number of aryl methyl sites for hydroxylation is 1. The van der Waals surface area contributed by atoms with Crippen molar-refractivity contribution >= 4 is 11.8 Å². The molecule has 0 saturated heterocycles. The molecule has 2 rings (SSSR count). The number of benzene rings is 1. The van der Waals surface area contributed by atoms with Crippen molar-refractivity contribution in [2.75, 3.05) is 11.9 Å². The van der Waals surface area contributed by atoms with E-state index in [1.54, 1.807) is 0 Å². The Balaban J connectivity index is 2.07. The summed E-state index contributed by atoms with van der Waals surface area (Å²) in [6, 6.07) is 6.20. The number of nitrogens with one attached hydrogen (secondary N) is 1. The summed E-state index contributed by atoms with van der Waals surface area (Å²) >= 11 is 0. The highest BCUT2D eigenvalue weighted by Crippen LogP contribution is 2.47. The third-order valence-corrected chi connectivity index (χ3v) is 3.55. The smallest absolute Gasteiger partial charge is 0.412 e. The molecule has 1 saturated carbocycles. The molecule has 0 aromatic heterocycles. The first-order valence-corrected chi connectivity index (χ1v) is 7.11. The summed E-state index contributed by atoms with van der Waals surface area (Å²) in [5.41, 5.74) is 8.30. The molecule has 0 radical (unpaired) electrons. The van der Waals surface area contributed by atoms with Crippen LogP contribution in [0.2, 0.25) is 0 Å². The Kier molecular flexibility index (Phi) is 4.04. The van der Waals surface area contributed by atoms with Crippen molar-refractivity contribution in [3.05, 3.63) is 29.3 Å². The molecule has 1 amide bonds. The number of hydrogen-bond donors (Lipinski definition) is 2. The molecule has 20 heavy (non-hydrogen) atoms. The standard InChI is InChI=1S/C16H24N2O2/c1-10-5-6-11(13-7-12(13)9-17)8-14(10)18-15(19)20-16(2,3)4/h5-6,8,12-13H,7,9,17H2,1-4H3,(H,18,19)/t12-,13-/m0/s1.